The van der Waals surface area contributed by atoms with Gasteiger partial charge in [0.25, 0.3) is 0 Å². The van der Waals surface area contributed by atoms with Gasteiger partial charge in [-0.3, -0.25) is 4.79 Å². The molecule has 0 fully saturated rings. The first kappa shape index (κ1) is 48.5. The van der Waals surface area contributed by atoms with Crippen molar-refractivity contribution >= 4 is 42.1 Å². The van der Waals surface area contributed by atoms with Gasteiger partial charge in [0, 0.05) is 17.9 Å². The largest absolute Gasteiger partial charge is 0.508 e. The molecule has 0 aromatic heterocycles. The van der Waals surface area contributed by atoms with E-state index in [1.807, 2.05) is 97.1 Å². The third-order valence-electron chi connectivity index (χ3n) is 12.0. The average molecular weight is 955 g/mol. The molecule has 0 saturated carbocycles. The number of carbonyl (C=O) groups is 5. The Morgan fingerprint density at radius 2 is 0.887 bits per heavy atom. The molecular weight excluding hydrogens is 905 g/mol. The maximum Gasteiger partial charge on any atom is 0.407 e. The summed E-state index contributed by atoms with van der Waals surface area (Å²) < 4.78 is 33.1. The molecule has 71 heavy (non-hydrogen) atoms. The van der Waals surface area contributed by atoms with Gasteiger partial charge in [-0.2, -0.15) is 0 Å². The summed E-state index contributed by atoms with van der Waals surface area (Å²) in [6.45, 7) is 3.12. The van der Waals surface area contributed by atoms with Crippen LogP contribution in [0.3, 0.4) is 0 Å². The number of alkyl carbamates (subject to hydrolysis) is 2. The Morgan fingerprint density at radius 1 is 0.521 bits per heavy atom. The fourth-order valence-electron chi connectivity index (χ4n) is 8.49. The maximum atomic E-state index is 13.0. The van der Waals surface area contributed by atoms with Gasteiger partial charge in [-0.25, -0.2) is 19.2 Å². The van der Waals surface area contributed by atoms with Gasteiger partial charge in [-0.15, -0.1) is 0 Å². The van der Waals surface area contributed by atoms with Crippen LogP contribution in [-0.2, 0) is 23.9 Å². The van der Waals surface area contributed by atoms with E-state index >= 15 is 0 Å². The summed E-state index contributed by atoms with van der Waals surface area (Å²) in [7, 11) is 2.79. The molecule has 6 aromatic carbocycles. The van der Waals surface area contributed by atoms with Crippen molar-refractivity contribution in [3.05, 3.63) is 191 Å². The molecule has 2 aliphatic rings. The van der Waals surface area contributed by atoms with Gasteiger partial charge >= 0.3 is 24.1 Å². The number of hydrogen-bond donors (Lipinski definition) is 3. The summed E-state index contributed by atoms with van der Waals surface area (Å²) in [4.78, 5) is 64.3. The van der Waals surface area contributed by atoms with Crippen molar-refractivity contribution in [1.82, 2.24) is 10.6 Å². The molecule has 0 heterocycles. The Kier molecular flexibility index (Phi) is 15.1. The second kappa shape index (κ2) is 22.0. The molecule has 2 aliphatic carbocycles. The van der Waals surface area contributed by atoms with Gasteiger partial charge < -0.3 is 44.2 Å². The molecule has 3 N–H and O–H groups in total. The molecule has 360 valence electrons. The summed E-state index contributed by atoms with van der Waals surface area (Å²) >= 11 is 0. The molecule has 2 amide bonds. The summed E-state index contributed by atoms with van der Waals surface area (Å²) in [6.07, 6.45) is 5.04. The molecule has 6 aromatic rings. The van der Waals surface area contributed by atoms with Gasteiger partial charge in [-0.1, -0.05) is 121 Å². The van der Waals surface area contributed by atoms with Crippen LogP contribution < -0.4 is 29.6 Å². The van der Waals surface area contributed by atoms with E-state index in [-0.39, 0.29) is 53.8 Å². The summed E-state index contributed by atoms with van der Waals surface area (Å²) in [6, 6.07) is 39.1. The Bertz CT molecular complexity index is 3010. The number of carbonyl (C=O) groups excluding carboxylic acids is 5. The van der Waals surface area contributed by atoms with Crippen molar-refractivity contribution < 1.29 is 57.5 Å². The van der Waals surface area contributed by atoms with Crippen LogP contribution in [0, 0.1) is 0 Å². The number of ether oxygens (including phenoxy) is 6. The highest BCUT2D eigenvalue weighted by atomic mass is 16.6. The highest BCUT2D eigenvalue weighted by Crippen LogP contribution is 2.46. The number of allylic oxidation sites excluding steroid dienone is 3. The van der Waals surface area contributed by atoms with Crippen molar-refractivity contribution in [3.63, 3.8) is 0 Å². The molecular formula is C57H50N2O12. The number of aliphatic hydroxyl groups is 1. The van der Waals surface area contributed by atoms with Crippen molar-refractivity contribution in [2.24, 2.45) is 0 Å². The fraction of sp³-hybridized carbons (Fsp3) is 0.175. The van der Waals surface area contributed by atoms with Crippen LogP contribution in [0.4, 0.5) is 9.59 Å². The number of nitrogens with one attached hydrogen (secondary N) is 2. The lowest BCUT2D eigenvalue weighted by atomic mass is 9.98. The number of rotatable bonds is 17. The van der Waals surface area contributed by atoms with E-state index in [4.69, 9.17) is 28.4 Å². The Labute approximate surface area is 410 Å². The SMILES string of the molecule is COc1cc(/C=C/C(=O)/C=C(O)/C=C/c2ccc(OC(=O)[C@H](C)NC(=O)OCC3c4ccccc4-c4ccccc43)c(OC)c2)ccc1OC(=O)[C@H](C)NC(=O)OCC1c2ccccc2-c2ccccc21. The number of ketones is 1. The van der Waals surface area contributed by atoms with E-state index in [1.165, 1.54) is 64.5 Å². The van der Waals surface area contributed by atoms with Crippen LogP contribution in [0.25, 0.3) is 34.4 Å². The number of aliphatic hydroxyl groups excluding tert-OH is 1. The summed E-state index contributed by atoms with van der Waals surface area (Å²) in [5, 5.41) is 15.6. The van der Waals surface area contributed by atoms with Crippen LogP contribution in [0.15, 0.2) is 157 Å². The summed E-state index contributed by atoms with van der Waals surface area (Å²) in [5.74, 6) is -2.09. The number of hydrogen-bond acceptors (Lipinski definition) is 12. The molecule has 0 radical (unpaired) electrons. The molecule has 14 heteroatoms. The molecule has 0 saturated heterocycles. The van der Waals surface area contributed by atoms with E-state index in [0.29, 0.717) is 11.1 Å². The first-order chi connectivity index (χ1) is 34.4. The smallest absolute Gasteiger partial charge is 0.407 e. The lowest BCUT2D eigenvalue weighted by Gasteiger charge is -2.17. The molecule has 2 atom stereocenters. The minimum absolute atomic E-state index is 0.0854. The van der Waals surface area contributed by atoms with Crippen molar-refractivity contribution in [2.45, 2.75) is 37.8 Å². The van der Waals surface area contributed by atoms with Crippen LogP contribution in [0.5, 0.6) is 23.0 Å². The second-order valence-electron chi connectivity index (χ2n) is 16.7. The van der Waals surface area contributed by atoms with Crippen LogP contribution >= 0.6 is 0 Å². The van der Waals surface area contributed by atoms with E-state index in [0.717, 1.165) is 50.6 Å². The third kappa shape index (κ3) is 11.3. The van der Waals surface area contributed by atoms with E-state index in [1.54, 1.807) is 24.3 Å². The van der Waals surface area contributed by atoms with Gasteiger partial charge in [-0.05, 0) is 106 Å². The number of amides is 2. The molecule has 0 aliphatic heterocycles. The number of fused-ring (bicyclic) bond motifs is 6. The first-order valence-corrected chi connectivity index (χ1v) is 22.7. The zero-order valence-corrected chi connectivity index (χ0v) is 39.3. The lowest BCUT2D eigenvalue weighted by Crippen LogP contribution is -2.41. The number of methoxy groups -OCH3 is 2. The van der Waals surface area contributed by atoms with Gasteiger partial charge in [0.2, 0.25) is 0 Å². The van der Waals surface area contributed by atoms with E-state index < -0.39 is 42.0 Å². The van der Waals surface area contributed by atoms with Gasteiger partial charge in [0.1, 0.15) is 31.1 Å². The molecule has 0 unspecified atom stereocenters. The predicted octanol–water partition coefficient (Wildman–Crippen LogP) is 10.1. The number of esters is 2. The van der Waals surface area contributed by atoms with E-state index in [2.05, 4.69) is 10.6 Å². The van der Waals surface area contributed by atoms with Gasteiger partial charge in [0.05, 0.1) is 14.2 Å². The zero-order chi connectivity index (χ0) is 50.0. The highest BCUT2D eigenvalue weighted by molar-refractivity contribution is 6.02. The first-order valence-electron chi connectivity index (χ1n) is 22.7. The van der Waals surface area contributed by atoms with Crippen molar-refractivity contribution in [3.8, 4) is 45.3 Å². The highest BCUT2D eigenvalue weighted by Gasteiger charge is 2.31. The van der Waals surface area contributed by atoms with E-state index in [9.17, 15) is 29.1 Å². The molecule has 0 bridgehead atoms. The van der Waals surface area contributed by atoms with Crippen molar-refractivity contribution in [1.29, 1.82) is 0 Å². The van der Waals surface area contributed by atoms with Crippen LogP contribution in [0.1, 0.15) is 59.1 Å². The van der Waals surface area contributed by atoms with Gasteiger partial charge in [0.15, 0.2) is 28.8 Å². The summed E-state index contributed by atoms with van der Waals surface area (Å²) in [5.41, 5.74) is 9.72. The minimum atomic E-state index is -1.06. The Hall–Kier alpha value is -8.91. The maximum absolute atomic E-state index is 13.0. The molecule has 0 spiro atoms. The Morgan fingerprint density at radius 3 is 1.27 bits per heavy atom. The Balaban J connectivity index is 0.786. The topological polar surface area (TPSA) is 185 Å². The quantitative estimate of drug-likeness (QED) is 0.0259. The third-order valence-corrected chi connectivity index (χ3v) is 12.0. The average Bonchev–Trinajstić information content (AvgIpc) is 3.88. The van der Waals surface area contributed by atoms with Crippen molar-refractivity contribution in [2.75, 3.05) is 27.4 Å². The van der Waals surface area contributed by atoms with Crippen LogP contribution in [-0.4, -0.2) is 74.5 Å². The molecule has 14 nitrogen and oxygen atoms in total. The fourth-order valence-corrected chi connectivity index (χ4v) is 8.49. The zero-order valence-electron chi connectivity index (χ0n) is 39.3. The normalized spacial score (nSPS) is 13.5. The lowest BCUT2D eigenvalue weighted by molar-refractivity contribution is -0.137. The molecule has 8 rings (SSSR count). The number of benzene rings is 6. The monoisotopic (exact) mass is 954 g/mol. The standard InChI is InChI=1S/C57H50N2O12/c1-34(58-56(64)68-32-48-44-17-9-5-13-40(44)41-14-6-10-18-45(41)48)54(62)70-50-27-23-36(29-52(50)66-3)21-25-38(60)31-39(61)26-22-37-24-28-51(53(30-37)67-4)71-55(63)35(2)59-57(65)69-33-49-46-19-11-7-15-42(46)43-16-8-12-20-47(43)49/h5-31,34-35,48-49,60H,32-33H2,1-4H3,(H,58,64)(H,59,65)/b25-21+,26-22+,38-31-/t34-,35-/m0/s1. The van der Waals surface area contributed by atoms with Crippen LogP contribution in [0.2, 0.25) is 0 Å². The predicted molar refractivity (Wildman–Crippen MR) is 266 cm³/mol. The minimum Gasteiger partial charge on any atom is -0.508 e. The second-order valence-corrected chi connectivity index (χ2v) is 16.7.